The van der Waals surface area contributed by atoms with E-state index in [-0.39, 0.29) is 6.10 Å². The molecule has 3 atom stereocenters. The first-order valence-corrected chi connectivity index (χ1v) is 5.93. The van der Waals surface area contributed by atoms with Gasteiger partial charge < -0.3 is 15.2 Å². The molecule has 2 aliphatic heterocycles. The predicted molar refractivity (Wildman–Crippen MR) is 58.8 cm³/mol. The smallest absolute Gasteiger partial charge is 0.0900 e. The fraction of sp³-hybridized carbons (Fsp3) is 1.00. The van der Waals surface area contributed by atoms with E-state index < -0.39 is 0 Å². The van der Waals surface area contributed by atoms with Gasteiger partial charge in [-0.25, -0.2) is 0 Å². The minimum Gasteiger partial charge on any atom is -0.389 e. The number of ether oxygens (including phenoxy) is 1. The fourth-order valence-electron chi connectivity index (χ4n) is 2.91. The molecule has 2 saturated heterocycles. The summed E-state index contributed by atoms with van der Waals surface area (Å²) in [5.41, 5.74) is 0. The molecule has 4 nitrogen and oxygen atoms in total. The first-order chi connectivity index (χ1) is 7.31. The molecule has 0 saturated carbocycles. The number of methoxy groups -OCH3 is 1. The molecule has 0 aromatic carbocycles. The molecule has 0 bridgehead atoms. The van der Waals surface area contributed by atoms with Gasteiger partial charge in [0.2, 0.25) is 0 Å². The molecule has 2 fully saturated rings. The number of nitrogens with one attached hydrogen (secondary N) is 1. The van der Waals surface area contributed by atoms with Crippen molar-refractivity contribution in [3.05, 3.63) is 0 Å². The minimum absolute atomic E-state index is 0.339. The Bertz CT molecular complexity index is 201. The average molecular weight is 214 g/mol. The Hall–Kier alpha value is -0.160. The van der Waals surface area contributed by atoms with Crippen molar-refractivity contribution in [1.29, 1.82) is 0 Å². The highest BCUT2D eigenvalue weighted by Crippen LogP contribution is 2.26. The molecule has 0 amide bonds. The van der Waals surface area contributed by atoms with Crippen molar-refractivity contribution in [3.8, 4) is 0 Å². The van der Waals surface area contributed by atoms with Gasteiger partial charge in [0.05, 0.1) is 12.7 Å². The Morgan fingerprint density at radius 3 is 3.20 bits per heavy atom. The molecular formula is C11H22N2O2. The van der Waals surface area contributed by atoms with Crippen LogP contribution in [0, 0.1) is 5.92 Å². The van der Waals surface area contributed by atoms with E-state index in [0.717, 1.165) is 32.1 Å². The fourth-order valence-corrected chi connectivity index (χ4v) is 2.91. The van der Waals surface area contributed by atoms with Crippen LogP contribution in [0.4, 0.5) is 0 Å². The lowest BCUT2D eigenvalue weighted by atomic mass is 9.92. The Morgan fingerprint density at radius 2 is 2.40 bits per heavy atom. The molecule has 4 heteroatoms. The quantitative estimate of drug-likeness (QED) is 0.673. The van der Waals surface area contributed by atoms with Gasteiger partial charge in [0, 0.05) is 26.2 Å². The van der Waals surface area contributed by atoms with Gasteiger partial charge in [-0.05, 0) is 31.8 Å². The Balaban J connectivity index is 1.84. The number of aliphatic hydroxyl groups is 1. The van der Waals surface area contributed by atoms with Crippen molar-refractivity contribution < 1.29 is 9.84 Å². The highest BCUT2D eigenvalue weighted by Gasteiger charge is 2.35. The monoisotopic (exact) mass is 214 g/mol. The van der Waals surface area contributed by atoms with E-state index in [4.69, 9.17) is 4.74 Å². The summed E-state index contributed by atoms with van der Waals surface area (Å²) < 4.78 is 4.96. The summed E-state index contributed by atoms with van der Waals surface area (Å²) in [6.45, 7) is 4.58. The number of hydrogen-bond acceptors (Lipinski definition) is 4. The number of hydrogen-bond donors (Lipinski definition) is 2. The summed E-state index contributed by atoms with van der Waals surface area (Å²) in [6, 6.07) is 0.644. The lowest BCUT2D eigenvalue weighted by molar-refractivity contribution is 0.0136. The van der Waals surface area contributed by atoms with E-state index in [9.17, 15) is 5.11 Å². The van der Waals surface area contributed by atoms with Crippen LogP contribution in [0.3, 0.4) is 0 Å². The van der Waals surface area contributed by atoms with Crippen molar-refractivity contribution in [2.45, 2.75) is 25.0 Å². The van der Waals surface area contributed by atoms with E-state index in [1.807, 2.05) is 0 Å². The summed E-state index contributed by atoms with van der Waals surface area (Å²) in [5, 5.41) is 13.2. The van der Waals surface area contributed by atoms with Crippen LogP contribution in [0.2, 0.25) is 0 Å². The van der Waals surface area contributed by atoms with E-state index >= 15 is 0 Å². The molecule has 2 heterocycles. The zero-order valence-corrected chi connectivity index (χ0v) is 9.48. The van der Waals surface area contributed by atoms with Crippen LogP contribution in [0.1, 0.15) is 12.8 Å². The summed E-state index contributed by atoms with van der Waals surface area (Å²) in [4.78, 5) is 2.43. The zero-order valence-electron chi connectivity index (χ0n) is 9.48. The lowest BCUT2D eigenvalue weighted by Crippen LogP contribution is -2.48. The predicted octanol–water partition coefficient (Wildman–Crippen LogP) is -0.322. The third-order valence-corrected chi connectivity index (χ3v) is 3.60. The maximum Gasteiger partial charge on any atom is 0.0900 e. The van der Waals surface area contributed by atoms with Crippen LogP contribution in [-0.2, 0) is 4.74 Å². The van der Waals surface area contributed by atoms with Crippen LogP contribution < -0.4 is 5.32 Å². The number of rotatable bonds is 4. The van der Waals surface area contributed by atoms with Gasteiger partial charge in [0.1, 0.15) is 0 Å². The van der Waals surface area contributed by atoms with Gasteiger partial charge in [0.25, 0.3) is 0 Å². The van der Waals surface area contributed by atoms with E-state index in [1.54, 1.807) is 7.11 Å². The first kappa shape index (κ1) is 11.3. The van der Waals surface area contributed by atoms with Gasteiger partial charge in [-0.2, -0.15) is 0 Å². The molecule has 3 unspecified atom stereocenters. The average Bonchev–Trinajstić information content (AvgIpc) is 2.67. The summed E-state index contributed by atoms with van der Waals surface area (Å²) in [6.07, 6.45) is 2.27. The molecule has 0 aromatic rings. The van der Waals surface area contributed by atoms with Crippen LogP contribution in [0.15, 0.2) is 0 Å². The van der Waals surface area contributed by atoms with Crippen molar-refractivity contribution >= 4 is 0 Å². The molecule has 0 spiro atoms. The molecule has 0 aliphatic carbocycles. The third kappa shape index (κ3) is 2.69. The standard InChI is InChI=1S/C11H22N2O2/c1-15-8-10(14)7-13-4-2-3-9-5-12-6-11(9)13/h9-12,14H,2-8H2,1H3. The number of likely N-dealkylation sites (tertiary alicyclic amines) is 1. The number of β-amino-alcohol motifs (C(OH)–C–C–N with tert-alkyl or cyclic N) is 1. The maximum atomic E-state index is 9.73. The summed E-state index contributed by atoms with van der Waals surface area (Å²) in [7, 11) is 1.64. The van der Waals surface area contributed by atoms with Crippen LogP contribution in [0.5, 0.6) is 0 Å². The van der Waals surface area contributed by atoms with Gasteiger partial charge in [-0.15, -0.1) is 0 Å². The number of nitrogens with zero attached hydrogens (tertiary/aromatic N) is 1. The van der Waals surface area contributed by atoms with Crippen molar-refractivity contribution in [2.75, 3.05) is 39.9 Å². The molecule has 2 N–H and O–H groups in total. The van der Waals surface area contributed by atoms with E-state index in [2.05, 4.69) is 10.2 Å². The van der Waals surface area contributed by atoms with Gasteiger partial charge in [0.15, 0.2) is 0 Å². The second-order valence-corrected chi connectivity index (χ2v) is 4.73. The molecular weight excluding hydrogens is 192 g/mol. The summed E-state index contributed by atoms with van der Waals surface area (Å²) in [5.74, 6) is 0.800. The van der Waals surface area contributed by atoms with E-state index in [0.29, 0.717) is 12.6 Å². The zero-order chi connectivity index (χ0) is 10.7. The maximum absolute atomic E-state index is 9.73. The van der Waals surface area contributed by atoms with Crippen molar-refractivity contribution in [3.63, 3.8) is 0 Å². The normalized spacial score (nSPS) is 34.0. The second-order valence-electron chi connectivity index (χ2n) is 4.73. The number of piperidine rings is 1. The van der Waals surface area contributed by atoms with Crippen molar-refractivity contribution in [1.82, 2.24) is 10.2 Å². The van der Waals surface area contributed by atoms with Crippen LogP contribution in [0.25, 0.3) is 0 Å². The molecule has 2 rings (SSSR count). The third-order valence-electron chi connectivity index (χ3n) is 3.60. The second kappa shape index (κ2) is 5.25. The Morgan fingerprint density at radius 1 is 1.53 bits per heavy atom. The van der Waals surface area contributed by atoms with Gasteiger partial charge in [-0.3, -0.25) is 4.90 Å². The molecule has 15 heavy (non-hydrogen) atoms. The van der Waals surface area contributed by atoms with Crippen LogP contribution >= 0.6 is 0 Å². The number of fused-ring (bicyclic) bond motifs is 1. The molecule has 0 aromatic heterocycles. The number of aliphatic hydroxyl groups excluding tert-OH is 1. The topological polar surface area (TPSA) is 44.7 Å². The molecule has 0 radical (unpaired) electrons. The van der Waals surface area contributed by atoms with E-state index in [1.165, 1.54) is 12.8 Å². The first-order valence-electron chi connectivity index (χ1n) is 5.93. The molecule has 2 aliphatic rings. The highest BCUT2D eigenvalue weighted by atomic mass is 16.5. The highest BCUT2D eigenvalue weighted by molar-refractivity contribution is 4.92. The summed E-state index contributed by atoms with van der Waals surface area (Å²) >= 11 is 0. The minimum atomic E-state index is -0.339. The van der Waals surface area contributed by atoms with Crippen molar-refractivity contribution in [2.24, 2.45) is 5.92 Å². The largest absolute Gasteiger partial charge is 0.389 e. The molecule has 88 valence electrons. The van der Waals surface area contributed by atoms with Gasteiger partial charge in [-0.1, -0.05) is 0 Å². The Labute approximate surface area is 91.6 Å². The lowest BCUT2D eigenvalue weighted by Gasteiger charge is -2.37. The Kier molecular flexibility index (Phi) is 3.97. The van der Waals surface area contributed by atoms with Gasteiger partial charge >= 0.3 is 0 Å². The van der Waals surface area contributed by atoms with Crippen LogP contribution in [-0.4, -0.2) is 62.0 Å². The SMILES string of the molecule is COCC(O)CN1CCCC2CNCC21.